The summed E-state index contributed by atoms with van der Waals surface area (Å²) in [6, 6.07) is 6.91. The van der Waals surface area contributed by atoms with E-state index >= 15 is 0 Å². The number of nitrogens with one attached hydrogen (secondary N) is 1. The molecule has 0 aromatic carbocycles. The Morgan fingerprint density at radius 1 is 1.43 bits per heavy atom. The quantitative estimate of drug-likeness (QED) is 0.654. The molecule has 1 amide bonds. The zero-order valence-corrected chi connectivity index (χ0v) is 16.2. The first-order valence-corrected chi connectivity index (χ1v) is 9.51. The van der Waals surface area contributed by atoms with E-state index in [1.165, 1.54) is 0 Å². The first-order valence-electron chi connectivity index (χ1n) is 9.13. The molecule has 0 spiro atoms. The monoisotopic (exact) mass is 400 g/mol. The van der Waals surface area contributed by atoms with E-state index in [0.717, 1.165) is 22.2 Å². The van der Waals surface area contributed by atoms with Crippen LogP contribution in [0, 0.1) is 0 Å². The molecule has 2 N–H and O–H groups in total. The minimum atomic E-state index is -0.613. The summed E-state index contributed by atoms with van der Waals surface area (Å²) in [5.41, 5.74) is 3.97. The van der Waals surface area contributed by atoms with Crippen molar-refractivity contribution in [1.29, 1.82) is 0 Å². The molecular formula is C20H21ClN4O3. The highest BCUT2D eigenvalue weighted by atomic mass is 35.5. The largest absolute Gasteiger partial charge is 0.391 e. The minimum Gasteiger partial charge on any atom is -0.391 e. The Morgan fingerprint density at radius 2 is 2.29 bits per heavy atom. The van der Waals surface area contributed by atoms with E-state index in [1.54, 1.807) is 18.3 Å². The van der Waals surface area contributed by atoms with Gasteiger partial charge in [0.05, 0.1) is 29.8 Å². The number of fused-ring (bicyclic) bond motifs is 1. The predicted molar refractivity (Wildman–Crippen MR) is 105 cm³/mol. The number of carbonyl (C=O) groups is 1. The van der Waals surface area contributed by atoms with Crippen molar-refractivity contribution in [1.82, 2.24) is 19.9 Å². The molecule has 3 aromatic heterocycles. The van der Waals surface area contributed by atoms with Crippen LogP contribution < -0.4 is 5.32 Å². The molecule has 3 aromatic rings. The zero-order chi connectivity index (χ0) is 19.7. The van der Waals surface area contributed by atoms with Gasteiger partial charge in [0.25, 0.3) is 5.91 Å². The molecule has 4 heterocycles. The van der Waals surface area contributed by atoms with Gasteiger partial charge in [0, 0.05) is 32.5 Å². The summed E-state index contributed by atoms with van der Waals surface area (Å²) in [7, 11) is 1.95. The van der Waals surface area contributed by atoms with Crippen LogP contribution in [0.1, 0.15) is 28.0 Å². The van der Waals surface area contributed by atoms with Crippen molar-refractivity contribution < 1.29 is 14.6 Å². The molecule has 2 unspecified atom stereocenters. The molecule has 1 saturated heterocycles. The number of pyridine rings is 2. The van der Waals surface area contributed by atoms with E-state index in [0.29, 0.717) is 36.9 Å². The third kappa shape index (κ3) is 3.87. The van der Waals surface area contributed by atoms with Crippen LogP contribution in [-0.2, 0) is 18.2 Å². The Kier molecular flexibility index (Phi) is 5.30. The molecule has 1 aliphatic rings. The lowest BCUT2D eigenvalue weighted by Gasteiger charge is -2.28. The van der Waals surface area contributed by atoms with E-state index in [-0.39, 0.29) is 5.91 Å². The number of aryl methyl sites for hydroxylation is 1. The normalized spacial score (nSPS) is 19.7. The molecule has 28 heavy (non-hydrogen) atoms. The lowest BCUT2D eigenvalue weighted by Crippen LogP contribution is -2.49. The fourth-order valence-electron chi connectivity index (χ4n) is 3.48. The van der Waals surface area contributed by atoms with Crippen LogP contribution in [0.15, 0.2) is 36.7 Å². The number of hydrogen-bond donors (Lipinski definition) is 2. The van der Waals surface area contributed by atoms with E-state index in [9.17, 15) is 9.90 Å². The first-order chi connectivity index (χ1) is 13.5. The van der Waals surface area contributed by atoms with E-state index in [4.69, 9.17) is 16.3 Å². The standard InChI is InChI=1S/C20H21ClN4O3/c1-25-6-4-14-19(25)13(8-12-2-3-18(21)22-10-12)9-15(23-14)20(27)24-16-11-28-7-5-17(16)26/h2-4,6,9-10,16-17,26H,5,7-8,11H2,1H3,(H,24,27). The molecule has 0 saturated carbocycles. The Hall–Kier alpha value is -2.48. The van der Waals surface area contributed by atoms with Crippen LogP contribution in [0.5, 0.6) is 0 Å². The highest BCUT2D eigenvalue weighted by Crippen LogP contribution is 2.23. The first kappa shape index (κ1) is 18.9. The minimum absolute atomic E-state index is 0.295. The molecule has 1 fully saturated rings. The van der Waals surface area contributed by atoms with Gasteiger partial charge in [-0.05, 0) is 35.7 Å². The molecule has 146 valence electrons. The maximum Gasteiger partial charge on any atom is 0.270 e. The second-order valence-corrected chi connectivity index (χ2v) is 7.39. The van der Waals surface area contributed by atoms with Gasteiger partial charge >= 0.3 is 0 Å². The summed E-state index contributed by atoms with van der Waals surface area (Å²) < 4.78 is 7.35. The molecule has 0 radical (unpaired) electrons. The van der Waals surface area contributed by atoms with Gasteiger partial charge in [-0.1, -0.05) is 17.7 Å². The third-order valence-corrected chi connectivity index (χ3v) is 5.18. The van der Waals surface area contributed by atoms with Crippen LogP contribution >= 0.6 is 11.6 Å². The number of amides is 1. The maximum atomic E-state index is 12.8. The highest BCUT2D eigenvalue weighted by molar-refractivity contribution is 6.29. The molecule has 7 nitrogen and oxygen atoms in total. The lowest BCUT2D eigenvalue weighted by atomic mass is 10.0. The van der Waals surface area contributed by atoms with Crippen molar-refractivity contribution >= 4 is 28.5 Å². The number of rotatable bonds is 4. The van der Waals surface area contributed by atoms with E-state index < -0.39 is 12.1 Å². The maximum absolute atomic E-state index is 12.8. The number of hydrogen-bond acceptors (Lipinski definition) is 5. The topological polar surface area (TPSA) is 89.3 Å². The van der Waals surface area contributed by atoms with Gasteiger partial charge in [0.2, 0.25) is 0 Å². The number of aliphatic hydroxyl groups excluding tert-OH is 1. The summed E-state index contributed by atoms with van der Waals surface area (Å²) in [5.74, 6) is -0.323. The van der Waals surface area contributed by atoms with Crippen molar-refractivity contribution in [3.63, 3.8) is 0 Å². The van der Waals surface area contributed by atoms with Gasteiger partial charge in [0.1, 0.15) is 10.8 Å². The van der Waals surface area contributed by atoms with Gasteiger partial charge in [-0.3, -0.25) is 4.79 Å². The fraction of sp³-hybridized carbons (Fsp3) is 0.350. The Balaban J connectivity index is 1.65. The highest BCUT2D eigenvalue weighted by Gasteiger charge is 2.26. The van der Waals surface area contributed by atoms with E-state index in [1.807, 2.05) is 29.9 Å². The average Bonchev–Trinajstić information content (AvgIpc) is 3.06. The van der Waals surface area contributed by atoms with E-state index in [2.05, 4.69) is 15.3 Å². The lowest BCUT2D eigenvalue weighted by molar-refractivity contribution is -0.0140. The number of aliphatic hydroxyl groups is 1. The average molecular weight is 401 g/mol. The Labute approximate surface area is 167 Å². The van der Waals surface area contributed by atoms with Crippen molar-refractivity contribution in [3.8, 4) is 0 Å². The van der Waals surface area contributed by atoms with Gasteiger partial charge in [0.15, 0.2) is 0 Å². The molecule has 1 aliphatic heterocycles. The number of aromatic nitrogens is 3. The molecule has 0 bridgehead atoms. The SMILES string of the molecule is Cn1ccc2nc(C(=O)NC3COCCC3O)cc(Cc3ccc(Cl)nc3)c21. The fourth-order valence-corrected chi connectivity index (χ4v) is 3.59. The number of nitrogens with zero attached hydrogens (tertiary/aromatic N) is 3. The number of carbonyl (C=O) groups excluding carboxylic acids is 1. The Bertz CT molecular complexity index is 1000. The van der Waals surface area contributed by atoms with Crippen LogP contribution in [0.4, 0.5) is 0 Å². The van der Waals surface area contributed by atoms with Crippen molar-refractivity contribution in [2.75, 3.05) is 13.2 Å². The van der Waals surface area contributed by atoms with Gasteiger partial charge in [-0.15, -0.1) is 0 Å². The van der Waals surface area contributed by atoms with Gasteiger partial charge < -0.3 is 19.7 Å². The van der Waals surface area contributed by atoms with Crippen LogP contribution in [0.3, 0.4) is 0 Å². The number of halogens is 1. The van der Waals surface area contributed by atoms with Gasteiger partial charge in [-0.2, -0.15) is 0 Å². The van der Waals surface area contributed by atoms with Crippen LogP contribution in [0.25, 0.3) is 11.0 Å². The summed E-state index contributed by atoms with van der Waals surface area (Å²) in [5, 5.41) is 13.4. The van der Waals surface area contributed by atoms with Crippen molar-refractivity contribution in [2.45, 2.75) is 25.0 Å². The third-order valence-electron chi connectivity index (χ3n) is 4.96. The molecule has 0 aliphatic carbocycles. The Morgan fingerprint density at radius 3 is 3.04 bits per heavy atom. The second-order valence-electron chi connectivity index (χ2n) is 7.00. The summed E-state index contributed by atoms with van der Waals surface area (Å²) in [6.45, 7) is 0.796. The summed E-state index contributed by atoms with van der Waals surface area (Å²) in [6.07, 6.45) is 4.13. The molecule has 8 heteroatoms. The molecule has 4 rings (SSSR count). The molecule has 2 atom stereocenters. The predicted octanol–water partition coefficient (Wildman–Crippen LogP) is 2.09. The van der Waals surface area contributed by atoms with Crippen LogP contribution in [-0.4, -0.2) is 50.9 Å². The van der Waals surface area contributed by atoms with Crippen LogP contribution in [0.2, 0.25) is 5.15 Å². The van der Waals surface area contributed by atoms with Crippen molar-refractivity contribution in [2.24, 2.45) is 7.05 Å². The molecular weight excluding hydrogens is 380 g/mol. The smallest absolute Gasteiger partial charge is 0.270 e. The summed E-state index contributed by atoms with van der Waals surface area (Å²) in [4.78, 5) is 21.4. The van der Waals surface area contributed by atoms with Crippen molar-refractivity contribution in [3.05, 3.63) is 58.6 Å². The summed E-state index contributed by atoms with van der Waals surface area (Å²) >= 11 is 5.88. The zero-order valence-electron chi connectivity index (χ0n) is 15.4. The second kappa shape index (κ2) is 7.87. The number of ether oxygens (including phenoxy) is 1. The van der Waals surface area contributed by atoms with Gasteiger partial charge in [-0.25, -0.2) is 9.97 Å².